The fraction of sp³-hybridized carbons (Fsp3) is 0.857. The van der Waals surface area contributed by atoms with Gasteiger partial charge in [-0.05, 0) is 31.1 Å². The Bertz CT molecular complexity index is 379. The van der Waals surface area contributed by atoms with Crippen molar-refractivity contribution in [1.29, 1.82) is 0 Å². The summed E-state index contributed by atoms with van der Waals surface area (Å²) in [6, 6.07) is -0.274. The van der Waals surface area contributed by atoms with E-state index in [1.807, 2.05) is 0 Å². The van der Waals surface area contributed by atoms with Crippen LogP contribution in [0.15, 0.2) is 0 Å². The zero-order valence-corrected chi connectivity index (χ0v) is 12.1. The molecule has 2 rings (SSSR count). The summed E-state index contributed by atoms with van der Waals surface area (Å²) < 4.78 is 5.12. The highest BCUT2D eigenvalue weighted by Gasteiger charge is 2.44. The number of ether oxygens (including phenoxy) is 1. The second-order valence-electron chi connectivity index (χ2n) is 6.29. The monoisotopic (exact) mass is 284 g/mol. The Hall–Kier alpha value is -1.30. The maximum Gasteiger partial charge on any atom is 0.332 e. The van der Waals surface area contributed by atoms with Gasteiger partial charge in [0.2, 0.25) is 0 Å². The van der Waals surface area contributed by atoms with Crippen LogP contribution in [0.25, 0.3) is 0 Å². The van der Waals surface area contributed by atoms with Gasteiger partial charge in [0.25, 0.3) is 0 Å². The second-order valence-corrected chi connectivity index (χ2v) is 6.29. The summed E-state index contributed by atoms with van der Waals surface area (Å²) in [7, 11) is 0. The molecule has 2 amide bonds. The van der Waals surface area contributed by atoms with Crippen molar-refractivity contribution < 1.29 is 19.4 Å². The summed E-state index contributed by atoms with van der Waals surface area (Å²) >= 11 is 0. The lowest BCUT2D eigenvalue weighted by atomic mass is 9.80. The fourth-order valence-electron chi connectivity index (χ4n) is 3.19. The third-order valence-electron chi connectivity index (χ3n) is 4.53. The molecule has 6 nitrogen and oxygen atoms in total. The molecule has 4 unspecified atom stereocenters. The molecule has 4 atom stereocenters. The molecule has 0 aromatic rings. The van der Waals surface area contributed by atoms with Crippen molar-refractivity contribution in [2.45, 2.75) is 51.1 Å². The zero-order chi connectivity index (χ0) is 14.8. The standard InChI is InChI=1S/C14H24N2O4/c1-9-3-4-11(10(2)7-9)15-13(19)16-14(12(17)18)5-6-20-8-14/h9-11H,3-8H2,1-2H3,(H,17,18)(H2,15,16,19). The highest BCUT2D eigenvalue weighted by molar-refractivity contribution is 5.86. The Kier molecular flexibility index (Phi) is 4.52. The molecule has 0 spiro atoms. The van der Waals surface area contributed by atoms with Crippen LogP contribution >= 0.6 is 0 Å². The maximum absolute atomic E-state index is 12.1. The van der Waals surface area contributed by atoms with Crippen molar-refractivity contribution in [3.05, 3.63) is 0 Å². The topological polar surface area (TPSA) is 87.7 Å². The maximum atomic E-state index is 12.1. The summed E-state index contributed by atoms with van der Waals surface area (Å²) in [5.74, 6) is 0.0836. The number of urea groups is 1. The molecular formula is C14H24N2O4. The Labute approximate surface area is 119 Å². The minimum atomic E-state index is -1.27. The highest BCUT2D eigenvalue weighted by Crippen LogP contribution is 2.28. The molecule has 2 fully saturated rings. The first-order valence-electron chi connectivity index (χ1n) is 7.33. The van der Waals surface area contributed by atoms with E-state index in [4.69, 9.17) is 4.74 Å². The molecule has 114 valence electrons. The molecule has 3 N–H and O–H groups in total. The minimum Gasteiger partial charge on any atom is -0.479 e. The molecule has 0 aromatic heterocycles. The van der Waals surface area contributed by atoms with Gasteiger partial charge in [-0.2, -0.15) is 0 Å². The Morgan fingerprint density at radius 1 is 1.30 bits per heavy atom. The second kappa shape index (κ2) is 5.99. The fourth-order valence-corrected chi connectivity index (χ4v) is 3.19. The normalized spacial score (nSPS) is 37.4. The molecule has 2 aliphatic rings. The van der Waals surface area contributed by atoms with Crippen LogP contribution in [0.3, 0.4) is 0 Å². The van der Waals surface area contributed by atoms with Crippen LogP contribution in [0.4, 0.5) is 4.79 Å². The number of nitrogens with one attached hydrogen (secondary N) is 2. The molecule has 1 aliphatic carbocycles. The number of aliphatic carboxylic acids is 1. The van der Waals surface area contributed by atoms with Gasteiger partial charge >= 0.3 is 12.0 Å². The average Bonchev–Trinajstić information content (AvgIpc) is 2.82. The predicted octanol–water partition coefficient (Wildman–Crippen LogP) is 1.35. The van der Waals surface area contributed by atoms with Crippen molar-refractivity contribution >= 4 is 12.0 Å². The SMILES string of the molecule is CC1CCC(NC(=O)NC2(C(=O)O)CCOC2)C(C)C1. The summed E-state index contributed by atoms with van der Waals surface area (Å²) in [6.45, 7) is 4.76. The lowest BCUT2D eigenvalue weighted by molar-refractivity contribution is -0.144. The molecular weight excluding hydrogens is 260 g/mol. The number of amides is 2. The molecule has 20 heavy (non-hydrogen) atoms. The highest BCUT2D eigenvalue weighted by atomic mass is 16.5. The summed E-state index contributed by atoms with van der Waals surface area (Å²) in [4.78, 5) is 23.4. The van der Waals surface area contributed by atoms with Crippen molar-refractivity contribution in [3.63, 3.8) is 0 Å². The van der Waals surface area contributed by atoms with Crippen molar-refractivity contribution in [2.75, 3.05) is 13.2 Å². The molecule has 1 saturated heterocycles. The van der Waals surface area contributed by atoms with Crippen LogP contribution < -0.4 is 10.6 Å². The number of hydrogen-bond donors (Lipinski definition) is 3. The number of rotatable bonds is 3. The van der Waals surface area contributed by atoms with Gasteiger partial charge < -0.3 is 20.5 Å². The summed E-state index contributed by atoms with van der Waals surface area (Å²) in [5, 5.41) is 14.8. The number of carbonyl (C=O) groups is 2. The molecule has 1 aliphatic heterocycles. The lowest BCUT2D eigenvalue weighted by Crippen LogP contribution is -2.59. The average molecular weight is 284 g/mol. The van der Waals surface area contributed by atoms with Gasteiger partial charge in [0.15, 0.2) is 5.54 Å². The van der Waals surface area contributed by atoms with Gasteiger partial charge in [-0.3, -0.25) is 0 Å². The van der Waals surface area contributed by atoms with E-state index in [-0.39, 0.29) is 12.6 Å². The zero-order valence-electron chi connectivity index (χ0n) is 12.1. The first-order chi connectivity index (χ1) is 9.43. The number of carboxylic acid groups (broad SMARTS) is 1. The van der Waals surface area contributed by atoms with Crippen LogP contribution in [0, 0.1) is 11.8 Å². The Balaban J connectivity index is 1.90. The predicted molar refractivity (Wildman–Crippen MR) is 73.4 cm³/mol. The minimum absolute atomic E-state index is 0.0347. The van der Waals surface area contributed by atoms with Crippen molar-refractivity contribution in [2.24, 2.45) is 11.8 Å². The van der Waals surface area contributed by atoms with Gasteiger partial charge in [0, 0.05) is 19.1 Å². The number of hydrogen-bond acceptors (Lipinski definition) is 3. The quantitative estimate of drug-likeness (QED) is 0.730. The van der Waals surface area contributed by atoms with Crippen LogP contribution in [-0.2, 0) is 9.53 Å². The first kappa shape index (κ1) is 15.1. The van der Waals surface area contributed by atoms with Crippen molar-refractivity contribution in [3.8, 4) is 0 Å². The van der Waals surface area contributed by atoms with Gasteiger partial charge in [-0.25, -0.2) is 9.59 Å². The molecule has 0 aromatic carbocycles. The summed E-state index contributed by atoms with van der Waals surface area (Å²) in [6.07, 6.45) is 3.46. The third kappa shape index (κ3) is 3.23. The van der Waals surface area contributed by atoms with E-state index in [1.54, 1.807) is 0 Å². The van der Waals surface area contributed by atoms with Gasteiger partial charge in [-0.1, -0.05) is 13.8 Å². The van der Waals surface area contributed by atoms with E-state index < -0.39 is 17.5 Å². The van der Waals surface area contributed by atoms with E-state index >= 15 is 0 Å². The van der Waals surface area contributed by atoms with Crippen LogP contribution in [0.1, 0.15) is 39.5 Å². The Morgan fingerprint density at radius 2 is 2.05 bits per heavy atom. The van der Waals surface area contributed by atoms with E-state index in [9.17, 15) is 14.7 Å². The first-order valence-corrected chi connectivity index (χ1v) is 7.33. The van der Waals surface area contributed by atoms with Gasteiger partial charge in [0.05, 0.1) is 6.61 Å². The largest absolute Gasteiger partial charge is 0.479 e. The van der Waals surface area contributed by atoms with Gasteiger partial charge in [0.1, 0.15) is 0 Å². The van der Waals surface area contributed by atoms with Crippen molar-refractivity contribution in [1.82, 2.24) is 10.6 Å². The molecule has 6 heteroatoms. The van der Waals surface area contributed by atoms with Crippen LogP contribution in [-0.4, -0.2) is 41.9 Å². The number of carbonyl (C=O) groups excluding carboxylic acids is 1. The van der Waals surface area contributed by atoms with Crippen LogP contribution in [0.2, 0.25) is 0 Å². The van der Waals surface area contributed by atoms with E-state index in [0.717, 1.165) is 19.3 Å². The summed E-state index contributed by atoms with van der Waals surface area (Å²) in [5.41, 5.74) is -1.27. The molecule has 0 radical (unpaired) electrons. The Morgan fingerprint density at radius 3 is 2.60 bits per heavy atom. The molecule has 1 saturated carbocycles. The van der Waals surface area contributed by atoms with Gasteiger partial charge in [-0.15, -0.1) is 0 Å². The van der Waals surface area contributed by atoms with E-state index in [1.165, 1.54) is 0 Å². The third-order valence-corrected chi connectivity index (χ3v) is 4.53. The van der Waals surface area contributed by atoms with Crippen LogP contribution in [0.5, 0.6) is 0 Å². The number of carboxylic acids is 1. The van der Waals surface area contributed by atoms with E-state index in [2.05, 4.69) is 24.5 Å². The molecule has 0 bridgehead atoms. The van der Waals surface area contributed by atoms with E-state index in [0.29, 0.717) is 24.9 Å². The lowest BCUT2D eigenvalue weighted by Gasteiger charge is -2.34. The smallest absolute Gasteiger partial charge is 0.332 e. The molecule has 1 heterocycles.